The minimum absolute atomic E-state index is 0.147. The van der Waals surface area contributed by atoms with Crippen LogP contribution in [0.2, 0.25) is 0 Å². The number of nitrogens with zero attached hydrogens (tertiary/aromatic N) is 5. The van der Waals surface area contributed by atoms with E-state index in [0.29, 0.717) is 17.5 Å². The van der Waals surface area contributed by atoms with Crippen LogP contribution in [0.15, 0.2) is 49.3 Å². The number of ether oxygens (including phenoxy) is 1. The van der Waals surface area contributed by atoms with Crippen LogP contribution in [0.1, 0.15) is 42.2 Å². The highest BCUT2D eigenvalue weighted by Gasteiger charge is 2.25. The molecule has 0 radical (unpaired) electrons. The Balaban J connectivity index is 1.33. The molecule has 8 nitrogen and oxygen atoms in total. The number of rotatable bonds is 5. The molecular formula is C20H22N6O2. The Bertz CT molecular complexity index is 935. The van der Waals surface area contributed by atoms with Crippen LogP contribution in [-0.2, 0) is 0 Å². The van der Waals surface area contributed by atoms with Crippen molar-refractivity contribution in [2.75, 3.05) is 7.11 Å². The van der Waals surface area contributed by atoms with Gasteiger partial charge in [-0.1, -0.05) is 0 Å². The van der Waals surface area contributed by atoms with Gasteiger partial charge >= 0.3 is 0 Å². The molecule has 1 fully saturated rings. The van der Waals surface area contributed by atoms with E-state index in [9.17, 15) is 4.79 Å². The monoisotopic (exact) mass is 378 g/mol. The summed E-state index contributed by atoms with van der Waals surface area (Å²) in [6, 6.07) is 5.73. The predicted molar refractivity (Wildman–Crippen MR) is 103 cm³/mol. The van der Waals surface area contributed by atoms with Gasteiger partial charge in [-0.15, -0.1) is 0 Å². The average molecular weight is 378 g/mol. The number of carbonyl (C=O) groups is 1. The lowest BCUT2D eigenvalue weighted by Crippen LogP contribution is -2.38. The number of hydrogen-bond acceptors (Lipinski definition) is 6. The van der Waals surface area contributed by atoms with Gasteiger partial charge in [0.15, 0.2) is 0 Å². The standard InChI is InChI=1S/C20H22N6O2/c1-28-17-6-9-22-19(10-17)20(27)25-15-2-4-16(5-3-15)26-12-14(11-24-26)18-7-8-21-13-23-18/h6-13,15-16H,2-5H2,1H3,(H,25,27). The average Bonchev–Trinajstić information content (AvgIpc) is 3.25. The molecular weight excluding hydrogens is 356 g/mol. The highest BCUT2D eigenvalue weighted by molar-refractivity contribution is 5.92. The second-order valence-electron chi connectivity index (χ2n) is 6.86. The molecule has 0 aliphatic heterocycles. The van der Waals surface area contributed by atoms with E-state index in [4.69, 9.17) is 4.74 Å². The number of pyridine rings is 1. The zero-order valence-electron chi connectivity index (χ0n) is 15.7. The Morgan fingerprint density at radius 2 is 2.04 bits per heavy atom. The highest BCUT2D eigenvalue weighted by Crippen LogP contribution is 2.29. The van der Waals surface area contributed by atoms with E-state index < -0.39 is 0 Å². The van der Waals surface area contributed by atoms with Gasteiger partial charge in [-0.25, -0.2) is 9.97 Å². The summed E-state index contributed by atoms with van der Waals surface area (Å²) in [7, 11) is 1.57. The lowest BCUT2D eigenvalue weighted by atomic mass is 9.91. The minimum atomic E-state index is -0.160. The van der Waals surface area contributed by atoms with Crippen LogP contribution in [0.3, 0.4) is 0 Å². The van der Waals surface area contributed by atoms with Crippen LogP contribution in [-0.4, -0.2) is 43.8 Å². The van der Waals surface area contributed by atoms with Crippen LogP contribution >= 0.6 is 0 Å². The van der Waals surface area contributed by atoms with Gasteiger partial charge in [0.25, 0.3) is 5.91 Å². The first-order valence-corrected chi connectivity index (χ1v) is 9.34. The fourth-order valence-electron chi connectivity index (χ4n) is 3.54. The summed E-state index contributed by atoms with van der Waals surface area (Å²) in [4.78, 5) is 24.8. The summed E-state index contributed by atoms with van der Waals surface area (Å²) in [5.74, 6) is 0.467. The van der Waals surface area contributed by atoms with Crippen LogP contribution in [0, 0.1) is 0 Å². The largest absolute Gasteiger partial charge is 0.497 e. The molecule has 8 heteroatoms. The molecule has 1 N–H and O–H groups in total. The fourth-order valence-corrected chi connectivity index (χ4v) is 3.54. The van der Waals surface area contributed by atoms with Crippen molar-refractivity contribution >= 4 is 5.91 Å². The molecule has 4 rings (SSSR count). The highest BCUT2D eigenvalue weighted by atomic mass is 16.5. The van der Waals surface area contributed by atoms with Crippen molar-refractivity contribution in [2.24, 2.45) is 0 Å². The van der Waals surface area contributed by atoms with Gasteiger partial charge in [0, 0.05) is 36.3 Å². The van der Waals surface area contributed by atoms with Gasteiger partial charge in [-0.3, -0.25) is 14.5 Å². The molecule has 0 saturated heterocycles. The van der Waals surface area contributed by atoms with E-state index in [1.54, 1.807) is 31.6 Å². The van der Waals surface area contributed by atoms with E-state index in [2.05, 4.69) is 25.4 Å². The van der Waals surface area contributed by atoms with Crippen molar-refractivity contribution in [3.63, 3.8) is 0 Å². The Hall–Kier alpha value is -3.29. The third kappa shape index (κ3) is 4.00. The molecule has 0 unspecified atom stereocenters. The molecule has 0 atom stereocenters. The lowest BCUT2D eigenvalue weighted by Gasteiger charge is -2.29. The van der Waals surface area contributed by atoms with Gasteiger partial charge in [0.2, 0.25) is 0 Å². The molecule has 28 heavy (non-hydrogen) atoms. The summed E-state index contributed by atoms with van der Waals surface area (Å²) in [5, 5.41) is 7.60. The zero-order chi connectivity index (χ0) is 19.3. The molecule has 0 bridgehead atoms. The first-order chi connectivity index (χ1) is 13.7. The van der Waals surface area contributed by atoms with Crippen molar-refractivity contribution in [3.05, 3.63) is 55.0 Å². The molecule has 1 amide bonds. The molecule has 3 aromatic rings. The second kappa shape index (κ2) is 8.16. The van der Waals surface area contributed by atoms with Gasteiger partial charge < -0.3 is 10.1 Å². The third-order valence-electron chi connectivity index (χ3n) is 5.09. The van der Waals surface area contributed by atoms with Gasteiger partial charge in [-0.2, -0.15) is 5.10 Å². The topological polar surface area (TPSA) is 94.8 Å². The lowest BCUT2D eigenvalue weighted by molar-refractivity contribution is 0.0916. The summed E-state index contributed by atoms with van der Waals surface area (Å²) in [6.45, 7) is 0. The number of methoxy groups -OCH3 is 1. The molecule has 1 aliphatic carbocycles. The summed E-state index contributed by atoms with van der Waals surface area (Å²) >= 11 is 0. The van der Waals surface area contributed by atoms with E-state index in [1.165, 1.54) is 6.33 Å². The molecule has 1 aliphatic rings. The third-order valence-corrected chi connectivity index (χ3v) is 5.09. The molecule has 0 aromatic carbocycles. The summed E-state index contributed by atoms with van der Waals surface area (Å²) in [5.41, 5.74) is 2.23. The van der Waals surface area contributed by atoms with Crippen LogP contribution < -0.4 is 10.1 Å². The van der Waals surface area contributed by atoms with E-state index in [1.807, 2.05) is 23.1 Å². The van der Waals surface area contributed by atoms with Crippen LogP contribution in [0.25, 0.3) is 11.3 Å². The van der Waals surface area contributed by atoms with Crippen LogP contribution in [0.5, 0.6) is 5.75 Å². The van der Waals surface area contributed by atoms with E-state index in [0.717, 1.165) is 36.9 Å². The Kier molecular flexibility index (Phi) is 5.27. The van der Waals surface area contributed by atoms with Crippen LogP contribution in [0.4, 0.5) is 0 Å². The number of hydrogen-bond donors (Lipinski definition) is 1. The van der Waals surface area contributed by atoms with Crippen molar-refractivity contribution in [1.82, 2.24) is 30.0 Å². The zero-order valence-corrected chi connectivity index (χ0v) is 15.7. The maximum absolute atomic E-state index is 12.4. The van der Waals surface area contributed by atoms with E-state index >= 15 is 0 Å². The Labute approximate surface area is 163 Å². The fraction of sp³-hybridized carbons (Fsp3) is 0.350. The molecule has 3 heterocycles. The number of amides is 1. The molecule has 0 spiro atoms. The Morgan fingerprint density at radius 3 is 2.79 bits per heavy atom. The molecule has 1 saturated carbocycles. The Morgan fingerprint density at radius 1 is 1.18 bits per heavy atom. The predicted octanol–water partition coefficient (Wildman–Crippen LogP) is 2.66. The van der Waals surface area contributed by atoms with Crippen molar-refractivity contribution in [2.45, 2.75) is 37.8 Å². The maximum Gasteiger partial charge on any atom is 0.270 e. The normalized spacial score (nSPS) is 19.2. The first-order valence-electron chi connectivity index (χ1n) is 9.34. The summed E-state index contributed by atoms with van der Waals surface area (Å²) < 4.78 is 7.17. The smallest absolute Gasteiger partial charge is 0.270 e. The van der Waals surface area contributed by atoms with Gasteiger partial charge in [0.1, 0.15) is 17.8 Å². The number of aromatic nitrogens is 5. The maximum atomic E-state index is 12.4. The second-order valence-corrected chi connectivity index (χ2v) is 6.86. The van der Waals surface area contributed by atoms with Crippen molar-refractivity contribution in [1.29, 1.82) is 0 Å². The summed E-state index contributed by atoms with van der Waals surface area (Å²) in [6.07, 6.45) is 12.5. The quantitative estimate of drug-likeness (QED) is 0.733. The molecule has 3 aromatic heterocycles. The van der Waals surface area contributed by atoms with Crippen molar-refractivity contribution < 1.29 is 9.53 Å². The SMILES string of the molecule is COc1ccnc(C(=O)NC2CCC(n3cc(-c4ccncn4)cn3)CC2)c1. The molecule has 144 valence electrons. The van der Waals surface area contributed by atoms with Gasteiger partial charge in [0.05, 0.1) is 25.0 Å². The minimum Gasteiger partial charge on any atom is -0.497 e. The number of nitrogens with one attached hydrogen (secondary N) is 1. The van der Waals surface area contributed by atoms with Crippen molar-refractivity contribution in [3.8, 4) is 17.0 Å². The van der Waals surface area contributed by atoms with E-state index in [-0.39, 0.29) is 11.9 Å². The van der Waals surface area contributed by atoms with Gasteiger partial charge in [-0.05, 0) is 37.8 Å². The number of carbonyl (C=O) groups excluding carboxylic acids is 1. The first kappa shape index (κ1) is 18.1.